The lowest BCUT2D eigenvalue weighted by Gasteiger charge is -2.37. The number of ether oxygens (including phenoxy) is 1. The summed E-state index contributed by atoms with van der Waals surface area (Å²) in [6, 6.07) is 6.11. The first-order valence-electron chi connectivity index (χ1n) is 4.50. The second-order valence-corrected chi connectivity index (χ2v) is 3.84. The van der Waals surface area contributed by atoms with Crippen LogP contribution in [0.1, 0.15) is 16.7 Å². The molecule has 1 fully saturated rings. The first-order valence-corrected chi connectivity index (χ1v) is 4.50. The van der Waals surface area contributed by atoms with Crippen LogP contribution in [0.2, 0.25) is 0 Å². The highest BCUT2D eigenvalue weighted by Gasteiger charge is 2.38. The standard InChI is InChI=1S/C11H14O2/c1-8-3-4-10(9(2)5-8)11(12)6-13-7-11/h3-5,12H,6-7H2,1-2H3. The molecule has 2 heteroatoms. The van der Waals surface area contributed by atoms with Crippen LogP contribution >= 0.6 is 0 Å². The SMILES string of the molecule is Cc1ccc(C2(O)COC2)c(C)c1. The normalized spacial score (nSPS) is 19.6. The Kier molecular flexibility index (Phi) is 1.90. The van der Waals surface area contributed by atoms with E-state index in [1.54, 1.807) is 0 Å². The number of hydrogen-bond acceptors (Lipinski definition) is 2. The van der Waals surface area contributed by atoms with Crippen LogP contribution in [-0.4, -0.2) is 18.3 Å². The summed E-state index contributed by atoms with van der Waals surface area (Å²) < 4.78 is 5.03. The van der Waals surface area contributed by atoms with Crippen LogP contribution < -0.4 is 0 Å². The summed E-state index contributed by atoms with van der Waals surface area (Å²) in [6.45, 7) is 4.94. The zero-order valence-electron chi connectivity index (χ0n) is 8.00. The fraction of sp³-hybridized carbons (Fsp3) is 0.455. The Morgan fingerprint density at radius 1 is 1.31 bits per heavy atom. The second kappa shape index (κ2) is 2.82. The smallest absolute Gasteiger partial charge is 0.136 e. The van der Waals surface area contributed by atoms with E-state index in [4.69, 9.17) is 4.74 Å². The average Bonchev–Trinajstić information content (AvgIpc) is 2.00. The van der Waals surface area contributed by atoms with Crippen molar-refractivity contribution in [3.8, 4) is 0 Å². The molecule has 0 atom stereocenters. The largest absolute Gasteiger partial charge is 0.380 e. The summed E-state index contributed by atoms with van der Waals surface area (Å²) in [5.74, 6) is 0. The van der Waals surface area contributed by atoms with Crippen molar-refractivity contribution in [2.24, 2.45) is 0 Å². The fourth-order valence-electron chi connectivity index (χ4n) is 1.79. The predicted octanol–water partition coefficient (Wildman–Crippen LogP) is 1.52. The van der Waals surface area contributed by atoms with Gasteiger partial charge in [-0.15, -0.1) is 0 Å². The van der Waals surface area contributed by atoms with Gasteiger partial charge < -0.3 is 9.84 Å². The number of hydrogen-bond donors (Lipinski definition) is 1. The first-order chi connectivity index (χ1) is 6.12. The monoisotopic (exact) mass is 178 g/mol. The molecule has 2 rings (SSSR count). The average molecular weight is 178 g/mol. The maximum Gasteiger partial charge on any atom is 0.136 e. The molecule has 0 aromatic heterocycles. The Bertz CT molecular complexity index is 327. The van der Waals surface area contributed by atoms with Crippen LogP contribution in [0.3, 0.4) is 0 Å². The Labute approximate surface area is 78.2 Å². The van der Waals surface area contributed by atoms with E-state index < -0.39 is 5.60 Å². The van der Waals surface area contributed by atoms with Crippen LogP contribution in [0.15, 0.2) is 18.2 Å². The molecule has 0 radical (unpaired) electrons. The first kappa shape index (κ1) is 8.73. The maximum atomic E-state index is 10.0. The lowest BCUT2D eigenvalue weighted by atomic mass is 9.88. The zero-order chi connectivity index (χ0) is 9.47. The number of aryl methyl sites for hydroxylation is 2. The van der Waals surface area contributed by atoms with Gasteiger partial charge in [0.1, 0.15) is 5.60 Å². The minimum absolute atomic E-state index is 0.427. The third-order valence-electron chi connectivity index (χ3n) is 2.56. The second-order valence-electron chi connectivity index (χ2n) is 3.84. The van der Waals surface area contributed by atoms with Crippen LogP contribution in [-0.2, 0) is 10.3 Å². The molecule has 13 heavy (non-hydrogen) atoms. The Morgan fingerprint density at radius 2 is 2.00 bits per heavy atom. The molecule has 2 nitrogen and oxygen atoms in total. The zero-order valence-corrected chi connectivity index (χ0v) is 8.00. The van der Waals surface area contributed by atoms with Gasteiger partial charge in [0, 0.05) is 0 Å². The van der Waals surface area contributed by atoms with Crippen LogP contribution in [0.4, 0.5) is 0 Å². The highest BCUT2D eigenvalue weighted by Crippen LogP contribution is 2.31. The van der Waals surface area contributed by atoms with Crippen molar-refractivity contribution < 1.29 is 9.84 Å². The summed E-state index contributed by atoms with van der Waals surface area (Å²) in [5, 5.41) is 10.0. The quantitative estimate of drug-likeness (QED) is 0.706. The molecule has 0 unspecified atom stereocenters. The Balaban J connectivity index is 2.40. The molecule has 0 saturated carbocycles. The predicted molar refractivity (Wildman–Crippen MR) is 50.6 cm³/mol. The number of benzene rings is 1. The maximum absolute atomic E-state index is 10.0. The fourth-order valence-corrected chi connectivity index (χ4v) is 1.79. The van der Waals surface area contributed by atoms with E-state index in [1.807, 2.05) is 19.1 Å². The van der Waals surface area contributed by atoms with E-state index in [0.717, 1.165) is 11.1 Å². The molecular formula is C11H14O2. The van der Waals surface area contributed by atoms with Gasteiger partial charge in [0.25, 0.3) is 0 Å². The molecular weight excluding hydrogens is 164 g/mol. The van der Waals surface area contributed by atoms with Crippen molar-refractivity contribution in [2.75, 3.05) is 13.2 Å². The number of aliphatic hydroxyl groups is 1. The molecule has 1 aliphatic rings. The van der Waals surface area contributed by atoms with Crippen molar-refractivity contribution in [3.05, 3.63) is 34.9 Å². The van der Waals surface area contributed by atoms with Gasteiger partial charge in [-0.1, -0.05) is 23.8 Å². The lowest BCUT2D eigenvalue weighted by Crippen LogP contribution is -2.46. The van der Waals surface area contributed by atoms with Gasteiger partial charge in [0.15, 0.2) is 0 Å². The van der Waals surface area contributed by atoms with Gasteiger partial charge in [-0.25, -0.2) is 0 Å². The van der Waals surface area contributed by atoms with Crippen molar-refractivity contribution in [3.63, 3.8) is 0 Å². The lowest BCUT2D eigenvalue weighted by molar-refractivity contribution is -0.184. The van der Waals surface area contributed by atoms with E-state index in [1.165, 1.54) is 5.56 Å². The summed E-state index contributed by atoms with van der Waals surface area (Å²) in [5.41, 5.74) is 2.65. The molecule has 0 aliphatic carbocycles. The highest BCUT2D eigenvalue weighted by molar-refractivity contribution is 5.35. The molecule has 1 heterocycles. The van der Waals surface area contributed by atoms with Crippen molar-refractivity contribution in [2.45, 2.75) is 19.4 Å². The van der Waals surface area contributed by atoms with Crippen molar-refractivity contribution in [1.29, 1.82) is 0 Å². The topological polar surface area (TPSA) is 29.5 Å². The minimum atomic E-state index is -0.724. The van der Waals surface area contributed by atoms with E-state index in [-0.39, 0.29) is 0 Å². The van der Waals surface area contributed by atoms with Crippen LogP contribution in [0.5, 0.6) is 0 Å². The minimum Gasteiger partial charge on any atom is -0.380 e. The third kappa shape index (κ3) is 1.36. The summed E-state index contributed by atoms with van der Waals surface area (Å²) in [7, 11) is 0. The van der Waals surface area contributed by atoms with Gasteiger partial charge in [0.05, 0.1) is 13.2 Å². The molecule has 0 bridgehead atoms. The molecule has 1 saturated heterocycles. The molecule has 1 aromatic carbocycles. The van der Waals surface area contributed by atoms with Gasteiger partial charge in [-0.2, -0.15) is 0 Å². The Hall–Kier alpha value is -0.860. The van der Waals surface area contributed by atoms with E-state index in [2.05, 4.69) is 13.0 Å². The van der Waals surface area contributed by atoms with Gasteiger partial charge in [0.2, 0.25) is 0 Å². The van der Waals surface area contributed by atoms with E-state index in [9.17, 15) is 5.11 Å². The third-order valence-corrected chi connectivity index (χ3v) is 2.56. The van der Waals surface area contributed by atoms with E-state index in [0.29, 0.717) is 13.2 Å². The number of rotatable bonds is 1. The van der Waals surface area contributed by atoms with Crippen LogP contribution in [0, 0.1) is 13.8 Å². The van der Waals surface area contributed by atoms with Crippen molar-refractivity contribution >= 4 is 0 Å². The van der Waals surface area contributed by atoms with Gasteiger partial charge >= 0.3 is 0 Å². The molecule has 1 aliphatic heterocycles. The summed E-state index contributed by atoms with van der Waals surface area (Å²) in [6.07, 6.45) is 0. The molecule has 70 valence electrons. The molecule has 0 spiro atoms. The van der Waals surface area contributed by atoms with Gasteiger partial charge in [-0.05, 0) is 25.0 Å². The molecule has 0 amide bonds. The van der Waals surface area contributed by atoms with Gasteiger partial charge in [-0.3, -0.25) is 0 Å². The van der Waals surface area contributed by atoms with E-state index >= 15 is 0 Å². The Morgan fingerprint density at radius 3 is 2.46 bits per heavy atom. The molecule has 1 N–H and O–H groups in total. The van der Waals surface area contributed by atoms with Crippen molar-refractivity contribution in [1.82, 2.24) is 0 Å². The summed E-state index contributed by atoms with van der Waals surface area (Å²) in [4.78, 5) is 0. The molecule has 1 aromatic rings. The highest BCUT2D eigenvalue weighted by atomic mass is 16.5. The summed E-state index contributed by atoms with van der Waals surface area (Å²) >= 11 is 0. The van der Waals surface area contributed by atoms with Crippen LogP contribution in [0.25, 0.3) is 0 Å².